The summed E-state index contributed by atoms with van der Waals surface area (Å²) in [6.45, 7) is 2.62. The van der Waals surface area contributed by atoms with Gasteiger partial charge in [-0.2, -0.15) is 0 Å². The molecule has 1 aliphatic heterocycles. The predicted molar refractivity (Wildman–Crippen MR) is 90.8 cm³/mol. The van der Waals surface area contributed by atoms with Crippen molar-refractivity contribution in [2.75, 3.05) is 26.2 Å². The highest BCUT2D eigenvalue weighted by molar-refractivity contribution is 6.09. The molecule has 1 unspecified atom stereocenters. The fraction of sp³-hybridized carbons (Fsp3) is 0.353. The van der Waals surface area contributed by atoms with Crippen molar-refractivity contribution in [3.05, 3.63) is 53.9 Å². The number of nitrogens with zero attached hydrogens (tertiary/aromatic N) is 2. The van der Waals surface area contributed by atoms with Gasteiger partial charge in [-0.25, -0.2) is 4.79 Å². The van der Waals surface area contributed by atoms with E-state index in [1.165, 1.54) is 6.20 Å². The number of rotatable bonds is 6. The van der Waals surface area contributed by atoms with Crippen LogP contribution >= 0.6 is 0 Å². The van der Waals surface area contributed by atoms with E-state index in [2.05, 4.69) is 10.5 Å². The highest BCUT2D eigenvalue weighted by Crippen LogP contribution is 2.31. The van der Waals surface area contributed by atoms with E-state index in [1.54, 1.807) is 35.4 Å². The zero-order valence-electron chi connectivity index (χ0n) is 13.8. The number of amidine groups is 1. The van der Waals surface area contributed by atoms with Crippen LogP contribution in [0.25, 0.3) is 0 Å². The highest BCUT2D eigenvalue weighted by Gasteiger charge is 2.47. The van der Waals surface area contributed by atoms with Crippen molar-refractivity contribution in [3.8, 4) is 0 Å². The molecule has 2 aromatic rings. The number of hydrogen-bond donors (Lipinski definition) is 3. The van der Waals surface area contributed by atoms with Gasteiger partial charge in [-0.1, -0.05) is 35.5 Å². The molecule has 0 saturated carbocycles. The lowest BCUT2D eigenvalue weighted by Gasteiger charge is -2.33. The van der Waals surface area contributed by atoms with Gasteiger partial charge in [0.15, 0.2) is 5.41 Å². The number of aromatic nitrogens is 1. The van der Waals surface area contributed by atoms with Crippen molar-refractivity contribution in [3.63, 3.8) is 0 Å². The van der Waals surface area contributed by atoms with Gasteiger partial charge in [0.25, 0.3) is 0 Å². The molecule has 4 N–H and O–H groups in total. The van der Waals surface area contributed by atoms with Crippen LogP contribution in [-0.4, -0.2) is 48.2 Å². The quantitative estimate of drug-likeness (QED) is 0.515. The van der Waals surface area contributed by atoms with Crippen LogP contribution in [0.5, 0.6) is 0 Å². The first-order chi connectivity index (χ1) is 12.1. The largest absolute Gasteiger partial charge is 0.386 e. The maximum absolute atomic E-state index is 13.1. The average Bonchev–Trinajstić information content (AvgIpc) is 3.14. The van der Waals surface area contributed by atoms with Crippen LogP contribution in [0, 0.1) is 5.41 Å². The number of nitrogens with two attached hydrogens (primary N) is 1. The van der Waals surface area contributed by atoms with Crippen LogP contribution in [0.1, 0.15) is 11.3 Å². The van der Waals surface area contributed by atoms with E-state index in [-0.39, 0.29) is 12.3 Å². The van der Waals surface area contributed by atoms with E-state index in [4.69, 9.17) is 20.5 Å². The normalized spacial score (nSPS) is 17.6. The van der Waals surface area contributed by atoms with Crippen molar-refractivity contribution in [1.29, 1.82) is 5.41 Å². The molecule has 0 aliphatic carbocycles. The zero-order chi connectivity index (χ0) is 17.7. The van der Waals surface area contributed by atoms with Gasteiger partial charge in [0.2, 0.25) is 0 Å². The van der Waals surface area contributed by atoms with Crippen molar-refractivity contribution >= 4 is 11.8 Å². The summed E-state index contributed by atoms with van der Waals surface area (Å²) in [6.07, 6.45) is 1.56. The fourth-order valence-electron chi connectivity index (χ4n) is 2.90. The number of hydroxylamine groups is 2. The second-order valence-electron chi connectivity index (χ2n) is 5.90. The Hall–Kier alpha value is -2.71. The summed E-state index contributed by atoms with van der Waals surface area (Å²) in [5, 5.41) is 16.6. The number of carbonyl (C=O) groups is 1. The molecule has 0 radical (unpaired) electrons. The maximum atomic E-state index is 13.1. The summed E-state index contributed by atoms with van der Waals surface area (Å²) in [4.78, 5) is 18.7. The van der Waals surface area contributed by atoms with Crippen molar-refractivity contribution < 1.29 is 14.2 Å². The molecule has 0 bridgehead atoms. The third kappa shape index (κ3) is 3.54. The van der Waals surface area contributed by atoms with Crippen molar-refractivity contribution in [2.45, 2.75) is 11.8 Å². The molecule has 0 amide bonds. The van der Waals surface area contributed by atoms with Crippen LogP contribution in [0.15, 0.2) is 47.1 Å². The van der Waals surface area contributed by atoms with E-state index < -0.39 is 11.4 Å². The summed E-state index contributed by atoms with van der Waals surface area (Å²) in [7, 11) is 0. The fourth-order valence-corrected chi connectivity index (χ4v) is 2.90. The van der Waals surface area contributed by atoms with Gasteiger partial charge in [-0.05, 0) is 5.56 Å². The molecule has 25 heavy (non-hydrogen) atoms. The first-order valence-electron chi connectivity index (χ1n) is 8.10. The molecule has 8 heteroatoms. The molecular weight excluding hydrogens is 322 g/mol. The summed E-state index contributed by atoms with van der Waals surface area (Å²) in [6, 6.07) is 10.6. The smallest absolute Gasteiger partial charge is 0.343 e. The number of benzene rings is 1. The molecule has 1 fully saturated rings. The minimum Gasteiger partial charge on any atom is -0.386 e. The average molecular weight is 343 g/mol. The zero-order valence-corrected chi connectivity index (χ0v) is 13.8. The first kappa shape index (κ1) is 17.1. The Balaban J connectivity index is 1.97. The predicted octanol–water partition coefficient (Wildman–Crippen LogP) is 0.454. The highest BCUT2D eigenvalue weighted by atomic mass is 16.7. The molecule has 3 rings (SSSR count). The second kappa shape index (κ2) is 7.45. The Morgan fingerprint density at radius 1 is 1.32 bits per heavy atom. The monoisotopic (exact) mass is 343 g/mol. The van der Waals surface area contributed by atoms with Gasteiger partial charge in [0.05, 0.1) is 6.20 Å². The number of carbonyl (C=O) groups excluding carboxylic acids is 1. The van der Waals surface area contributed by atoms with Crippen molar-refractivity contribution in [1.82, 2.24) is 15.5 Å². The Bertz CT molecular complexity index is 713. The van der Waals surface area contributed by atoms with Gasteiger partial charge in [0, 0.05) is 38.7 Å². The number of hydrogen-bond acceptors (Lipinski definition) is 7. The molecular formula is C17H21N5O3. The van der Waals surface area contributed by atoms with E-state index in [1.807, 2.05) is 6.07 Å². The van der Waals surface area contributed by atoms with Crippen LogP contribution < -0.4 is 11.1 Å². The molecule has 1 saturated heterocycles. The molecule has 1 aromatic carbocycles. The molecule has 8 nitrogen and oxygen atoms in total. The standard InChI is InChI=1S/C17H21N5O3/c18-15(19)17(12-14-6-7-21-24-14,13-4-2-1-3-5-13)16(23)25-22-10-8-20-9-11-22/h1-7,20H,8-12H2,(H3,18,19). The topological polar surface area (TPSA) is 117 Å². The van der Waals surface area contributed by atoms with E-state index in [9.17, 15) is 4.79 Å². The second-order valence-corrected chi connectivity index (χ2v) is 5.90. The summed E-state index contributed by atoms with van der Waals surface area (Å²) in [5.41, 5.74) is 5.03. The Kier molecular flexibility index (Phi) is 5.11. The van der Waals surface area contributed by atoms with E-state index in [0.717, 1.165) is 13.1 Å². The SMILES string of the molecule is N=C(N)C(Cc1ccno1)(C(=O)ON1CCNCC1)c1ccccc1. The van der Waals surface area contributed by atoms with Crippen LogP contribution in [0.3, 0.4) is 0 Å². The summed E-state index contributed by atoms with van der Waals surface area (Å²) >= 11 is 0. The van der Waals surface area contributed by atoms with Gasteiger partial charge in [0.1, 0.15) is 11.6 Å². The number of piperazine rings is 1. The Labute approximate surface area is 145 Å². The Morgan fingerprint density at radius 2 is 2.04 bits per heavy atom. The van der Waals surface area contributed by atoms with Gasteiger partial charge >= 0.3 is 5.97 Å². The van der Waals surface area contributed by atoms with Crippen LogP contribution in [0.2, 0.25) is 0 Å². The van der Waals surface area contributed by atoms with E-state index >= 15 is 0 Å². The van der Waals surface area contributed by atoms with Gasteiger partial charge < -0.3 is 20.4 Å². The first-order valence-corrected chi connectivity index (χ1v) is 8.10. The summed E-state index contributed by atoms with van der Waals surface area (Å²) in [5.74, 6) is -0.434. The van der Waals surface area contributed by atoms with Crippen molar-refractivity contribution in [2.24, 2.45) is 5.73 Å². The lowest BCUT2D eigenvalue weighted by molar-refractivity contribution is -0.197. The lowest BCUT2D eigenvalue weighted by Crippen LogP contribution is -2.53. The molecule has 1 atom stereocenters. The third-order valence-electron chi connectivity index (χ3n) is 4.29. The van der Waals surface area contributed by atoms with Gasteiger partial charge in [-0.15, -0.1) is 5.06 Å². The van der Waals surface area contributed by atoms with Crippen LogP contribution in [-0.2, 0) is 21.5 Å². The molecule has 1 aromatic heterocycles. The molecule has 2 heterocycles. The van der Waals surface area contributed by atoms with Crippen LogP contribution in [0.4, 0.5) is 0 Å². The molecule has 0 spiro atoms. The Morgan fingerprint density at radius 3 is 2.64 bits per heavy atom. The number of nitrogens with one attached hydrogen (secondary N) is 2. The molecule has 1 aliphatic rings. The minimum absolute atomic E-state index is 0.0667. The summed E-state index contributed by atoms with van der Waals surface area (Å²) < 4.78 is 5.17. The van der Waals surface area contributed by atoms with Gasteiger partial charge in [-0.3, -0.25) is 5.41 Å². The maximum Gasteiger partial charge on any atom is 0.343 e. The minimum atomic E-state index is -1.47. The molecule has 132 valence electrons. The van der Waals surface area contributed by atoms with E-state index in [0.29, 0.717) is 24.4 Å². The lowest BCUT2D eigenvalue weighted by atomic mass is 9.75. The third-order valence-corrected chi connectivity index (χ3v) is 4.29.